The van der Waals surface area contributed by atoms with Gasteiger partial charge in [-0.15, -0.1) is 0 Å². The molecule has 0 fully saturated rings. The van der Waals surface area contributed by atoms with Gasteiger partial charge in [-0.25, -0.2) is 0 Å². The number of benzene rings is 2. The van der Waals surface area contributed by atoms with E-state index in [1.54, 1.807) is 0 Å². The fourth-order valence-corrected chi connectivity index (χ4v) is 1.86. The van der Waals surface area contributed by atoms with Crippen molar-refractivity contribution < 1.29 is 0 Å². The number of rotatable bonds is 3. The van der Waals surface area contributed by atoms with Gasteiger partial charge in [0.25, 0.3) is 0 Å². The summed E-state index contributed by atoms with van der Waals surface area (Å²) in [6.07, 6.45) is 0. The van der Waals surface area contributed by atoms with Crippen LogP contribution in [0, 0.1) is 11.8 Å². The summed E-state index contributed by atoms with van der Waals surface area (Å²) in [4.78, 5) is 0. The summed E-state index contributed by atoms with van der Waals surface area (Å²) in [7, 11) is 0. The Morgan fingerprint density at radius 2 is 1.45 bits per heavy atom. The molecule has 1 N–H and O–H groups in total. The first-order valence-electron chi connectivity index (χ1n) is 6.81. The Hall–Kier alpha value is -2.46. The molecule has 0 atom stereocenters. The molecule has 0 bridgehead atoms. The minimum absolute atomic E-state index is 0.931. The lowest BCUT2D eigenvalue weighted by molar-refractivity contribution is 1.21. The minimum Gasteiger partial charge on any atom is -0.385 e. The van der Waals surface area contributed by atoms with Gasteiger partial charge in [-0.2, -0.15) is 0 Å². The third-order valence-corrected chi connectivity index (χ3v) is 2.99. The van der Waals surface area contributed by atoms with Gasteiger partial charge >= 0.3 is 0 Å². The van der Waals surface area contributed by atoms with Gasteiger partial charge in [0.15, 0.2) is 0 Å². The highest BCUT2D eigenvalue weighted by molar-refractivity contribution is 5.62. The van der Waals surface area contributed by atoms with Crippen molar-refractivity contribution in [2.24, 2.45) is 0 Å². The van der Waals surface area contributed by atoms with Crippen LogP contribution in [-0.4, -0.2) is 6.54 Å². The maximum atomic E-state index is 3.93. The van der Waals surface area contributed by atoms with Crippen LogP contribution in [0.1, 0.15) is 30.5 Å². The molecule has 0 aliphatic rings. The summed E-state index contributed by atoms with van der Waals surface area (Å²) in [5.41, 5.74) is 5.40. The highest BCUT2D eigenvalue weighted by atomic mass is 14.8. The van der Waals surface area contributed by atoms with E-state index in [0.29, 0.717) is 0 Å². The van der Waals surface area contributed by atoms with Crippen LogP contribution in [0.5, 0.6) is 0 Å². The van der Waals surface area contributed by atoms with E-state index < -0.39 is 0 Å². The Bertz CT molecular complexity index is 637. The third-order valence-electron chi connectivity index (χ3n) is 2.99. The molecule has 0 aromatic heterocycles. The Morgan fingerprint density at radius 1 is 0.950 bits per heavy atom. The zero-order valence-electron chi connectivity index (χ0n) is 12.0. The van der Waals surface area contributed by atoms with E-state index in [9.17, 15) is 0 Å². The first kappa shape index (κ1) is 14.0. The van der Waals surface area contributed by atoms with E-state index in [-0.39, 0.29) is 0 Å². The van der Waals surface area contributed by atoms with Crippen LogP contribution in [0.3, 0.4) is 0 Å². The maximum Gasteiger partial charge on any atom is 0.0340 e. The monoisotopic (exact) mass is 261 g/mol. The Labute approximate surface area is 121 Å². The molecule has 1 heteroatoms. The number of nitrogens with one attached hydrogen (secondary N) is 1. The highest BCUT2D eigenvalue weighted by Crippen LogP contribution is 2.12. The van der Waals surface area contributed by atoms with Gasteiger partial charge in [-0.1, -0.05) is 36.1 Å². The molecule has 20 heavy (non-hydrogen) atoms. The topological polar surface area (TPSA) is 12.0 Å². The van der Waals surface area contributed by atoms with Gasteiger partial charge in [-0.3, -0.25) is 0 Å². The average Bonchev–Trinajstić information content (AvgIpc) is 2.47. The molecule has 0 amide bonds. The summed E-state index contributed by atoms with van der Waals surface area (Å²) >= 11 is 0. The molecule has 2 aromatic carbocycles. The predicted octanol–water partition coefficient (Wildman–Crippen LogP) is 4.55. The molecule has 0 aliphatic carbocycles. The second-order valence-corrected chi connectivity index (χ2v) is 4.72. The molecule has 1 nitrogen and oxygen atoms in total. The Morgan fingerprint density at radius 3 is 1.90 bits per heavy atom. The van der Waals surface area contributed by atoms with Crippen LogP contribution in [0.4, 0.5) is 5.69 Å². The minimum atomic E-state index is 0.931. The van der Waals surface area contributed by atoms with Crippen molar-refractivity contribution in [2.75, 3.05) is 11.9 Å². The molecule has 2 aromatic rings. The quantitative estimate of drug-likeness (QED) is 0.799. The first-order valence-corrected chi connectivity index (χ1v) is 6.81. The predicted molar refractivity (Wildman–Crippen MR) is 87.7 cm³/mol. The first-order chi connectivity index (χ1) is 9.69. The lowest BCUT2D eigenvalue weighted by atomic mass is 10.1. The number of hydrogen-bond acceptors (Lipinski definition) is 1. The highest BCUT2D eigenvalue weighted by Gasteiger charge is 1.93. The van der Waals surface area contributed by atoms with Gasteiger partial charge in [0.2, 0.25) is 0 Å². The molecular weight excluding hydrogens is 242 g/mol. The normalized spacial score (nSPS) is 9.50. The van der Waals surface area contributed by atoms with E-state index in [0.717, 1.165) is 34.5 Å². The number of hydrogen-bond donors (Lipinski definition) is 1. The fourth-order valence-electron chi connectivity index (χ4n) is 1.86. The number of anilines is 1. The van der Waals surface area contributed by atoms with Gasteiger partial charge in [-0.05, 0) is 55.8 Å². The van der Waals surface area contributed by atoms with Crippen molar-refractivity contribution >= 4 is 11.3 Å². The van der Waals surface area contributed by atoms with Crippen molar-refractivity contribution in [1.82, 2.24) is 0 Å². The van der Waals surface area contributed by atoms with Crippen LogP contribution in [0.25, 0.3) is 5.57 Å². The van der Waals surface area contributed by atoms with Gasteiger partial charge in [0, 0.05) is 23.4 Å². The SMILES string of the molecule is C=C(C)c1ccc(C#Cc2ccc(NCC)cc2)cc1. The summed E-state index contributed by atoms with van der Waals surface area (Å²) in [5, 5.41) is 3.27. The van der Waals surface area contributed by atoms with Gasteiger partial charge < -0.3 is 5.32 Å². The average molecular weight is 261 g/mol. The van der Waals surface area contributed by atoms with Crippen molar-refractivity contribution in [1.29, 1.82) is 0 Å². The zero-order chi connectivity index (χ0) is 14.4. The molecule has 0 heterocycles. The lowest BCUT2D eigenvalue weighted by Crippen LogP contribution is -1.95. The third kappa shape index (κ3) is 3.76. The molecule has 0 saturated carbocycles. The van der Waals surface area contributed by atoms with Crippen LogP contribution in [0.15, 0.2) is 55.1 Å². The fraction of sp³-hybridized carbons (Fsp3) is 0.158. The molecule has 0 unspecified atom stereocenters. The molecule has 0 spiro atoms. The largest absolute Gasteiger partial charge is 0.385 e. The van der Waals surface area contributed by atoms with Crippen molar-refractivity contribution in [3.8, 4) is 11.8 Å². The van der Waals surface area contributed by atoms with Crippen LogP contribution in [-0.2, 0) is 0 Å². The molecule has 2 rings (SSSR count). The van der Waals surface area contributed by atoms with E-state index in [4.69, 9.17) is 0 Å². The van der Waals surface area contributed by atoms with E-state index in [1.807, 2.05) is 31.2 Å². The summed E-state index contributed by atoms with van der Waals surface area (Å²) < 4.78 is 0. The summed E-state index contributed by atoms with van der Waals surface area (Å²) in [5.74, 6) is 6.36. The van der Waals surface area contributed by atoms with Gasteiger partial charge in [0.1, 0.15) is 0 Å². The smallest absolute Gasteiger partial charge is 0.0340 e. The van der Waals surface area contributed by atoms with Crippen molar-refractivity contribution in [2.45, 2.75) is 13.8 Å². The molecule has 100 valence electrons. The molecular formula is C19H19N. The Balaban J connectivity index is 2.11. The summed E-state index contributed by atoms with van der Waals surface area (Å²) in [6.45, 7) is 8.95. The van der Waals surface area contributed by atoms with Crippen LogP contribution >= 0.6 is 0 Å². The standard InChI is InChI=1S/C19H19N/c1-4-20-19-13-9-17(10-14-19)6-5-16-7-11-18(12-8-16)15(2)3/h7-14,20H,2,4H2,1,3H3. The molecule has 0 saturated heterocycles. The second kappa shape index (κ2) is 6.63. The Kier molecular flexibility index (Phi) is 4.63. The van der Waals surface area contributed by atoms with Crippen LogP contribution < -0.4 is 5.32 Å². The number of allylic oxidation sites excluding steroid dienone is 1. The van der Waals surface area contributed by atoms with E-state index >= 15 is 0 Å². The zero-order valence-corrected chi connectivity index (χ0v) is 12.0. The molecule has 0 aliphatic heterocycles. The van der Waals surface area contributed by atoms with E-state index in [1.165, 1.54) is 0 Å². The summed E-state index contributed by atoms with van der Waals surface area (Å²) in [6, 6.07) is 16.4. The van der Waals surface area contributed by atoms with Gasteiger partial charge in [0.05, 0.1) is 0 Å². The lowest BCUT2D eigenvalue weighted by Gasteiger charge is -2.01. The molecule has 0 radical (unpaired) electrons. The van der Waals surface area contributed by atoms with Crippen molar-refractivity contribution in [3.05, 3.63) is 71.8 Å². The maximum absolute atomic E-state index is 3.93. The second-order valence-electron chi connectivity index (χ2n) is 4.72. The van der Waals surface area contributed by atoms with Crippen LogP contribution in [0.2, 0.25) is 0 Å². The van der Waals surface area contributed by atoms with Crippen molar-refractivity contribution in [3.63, 3.8) is 0 Å². The van der Waals surface area contributed by atoms with E-state index in [2.05, 4.69) is 54.9 Å².